The molecule has 1 aliphatic heterocycles. The van der Waals surface area contributed by atoms with E-state index < -0.39 is 0 Å². The number of hydrogen-bond donors (Lipinski definition) is 1. The van der Waals surface area contributed by atoms with Gasteiger partial charge in [0.15, 0.2) is 0 Å². The molecule has 3 heteroatoms. The maximum Gasteiger partial charge on any atom is 0.254 e. The summed E-state index contributed by atoms with van der Waals surface area (Å²) in [5.74, 6) is -0.0212. The third kappa shape index (κ3) is 2.02. The highest BCUT2D eigenvalue weighted by atomic mass is 16.3. The molecule has 1 atom stereocenters. The molecule has 1 aliphatic rings. The van der Waals surface area contributed by atoms with E-state index in [2.05, 4.69) is 6.07 Å². The van der Waals surface area contributed by atoms with Crippen LogP contribution in [0.25, 0.3) is 0 Å². The zero-order chi connectivity index (χ0) is 10.7. The van der Waals surface area contributed by atoms with E-state index in [0.717, 1.165) is 19.4 Å². The number of aliphatic hydroxyl groups excluding tert-OH is 1. The molecule has 1 amide bonds. The first-order valence-corrected chi connectivity index (χ1v) is 5.21. The second-order valence-electron chi connectivity index (χ2n) is 3.75. The van der Waals surface area contributed by atoms with Crippen molar-refractivity contribution < 1.29 is 9.90 Å². The molecule has 0 spiro atoms. The number of amides is 1. The quantitative estimate of drug-likeness (QED) is 0.783. The Morgan fingerprint density at radius 2 is 2.47 bits per heavy atom. The van der Waals surface area contributed by atoms with E-state index in [4.69, 9.17) is 5.11 Å². The lowest BCUT2D eigenvalue weighted by Gasteiger charge is -2.22. The van der Waals surface area contributed by atoms with Crippen LogP contribution in [0, 0.1) is 6.07 Å². The van der Waals surface area contributed by atoms with Gasteiger partial charge >= 0.3 is 0 Å². The van der Waals surface area contributed by atoms with Crippen LogP contribution in [0.4, 0.5) is 0 Å². The molecular formula is C12H14NO2. The molecule has 1 saturated heterocycles. The second kappa shape index (κ2) is 4.45. The normalized spacial score (nSPS) is 20.6. The first-order chi connectivity index (χ1) is 7.33. The molecule has 1 unspecified atom stereocenters. The second-order valence-corrected chi connectivity index (χ2v) is 3.75. The van der Waals surface area contributed by atoms with Crippen molar-refractivity contribution in [3.63, 3.8) is 0 Å². The summed E-state index contributed by atoms with van der Waals surface area (Å²) < 4.78 is 0. The molecule has 0 aromatic heterocycles. The molecule has 0 saturated carbocycles. The molecule has 3 nitrogen and oxygen atoms in total. The molecule has 0 aliphatic carbocycles. The van der Waals surface area contributed by atoms with Crippen molar-refractivity contribution in [1.82, 2.24) is 4.90 Å². The minimum absolute atomic E-state index is 0.00824. The molecule has 1 aromatic carbocycles. The third-order valence-electron chi connectivity index (χ3n) is 2.79. The van der Waals surface area contributed by atoms with Crippen molar-refractivity contribution >= 4 is 5.91 Å². The van der Waals surface area contributed by atoms with Crippen molar-refractivity contribution in [2.75, 3.05) is 13.2 Å². The number of nitrogens with zero attached hydrogens (tertiary/aromatic N) is 1. The number of likely N-dealkylation sites (tertiary alicyclic amines) is 1. The Bertz CT molecular complexity index is 337. The van der Waals surface area contributed by atoms with E-state index >= 15 is 0 Å². The van der Waals surface area contributed by atoms with Crippen molar-refractivity contribution in [3.8, 4) is 0 Å². The van der Waals surface area contributed by atoms with Gasteiger partial charge in [-0.25, -0.2) is 0 Å². The minimum atomic E-state index is -0.0212. The van der Waals surface area contributed by atoms with Gasteiger partial charge in [-0.15, -0.1) is 0 Å². The van der Waals surface area contributed by atoms with Gasteiger partial charge in [0.2, 0.25) is 0 Å². The van der Waals surface area contributed by atoms with Gasteiger partial charge < -0.3 is 10.0 Å². The van der Waals surface area contributed by atoms with Crippen LogP contribution in [-0.4, -0.2) is 35.1 Å². The van der Waals surface area contributed by atoms with Gasteiger partial charge in [-0.3, -0.25) is 4.79 Å². The molecule has 1 radical (unpaired) electrons. The Labute approximate surface area is 89.3 Å². The van der Waals surface area contributed by atoms with Crippen LogP contribution in [-0.2, 0) is 0 Å². The number of carbonyl (C=O) groups is 1. The van der Waals surface area contributed by atoms with Crippen molar-refractivity contribution in [2.45, 2.75) is 18.9 Å². The first-order valence-electron chi connectivity index (χ1n) is 5.21. The Kier molecular flexibility index (Phi) is 3.02. The Morgan fingerprint density at radius 1 is 1.60 bits per heavy atom. The molecule has 1 heterocycles. The fraction of sp³-hybridized carbons (Fsp3) is 0.417. The highest BCUT2D eigenvalue weighted by Crippen LogP contribution is 2.19. The van der Waals surface area contributed by atoms with Crippen LogP contribution in [0.2, 0.25) is 0 Å². The zero-order valence-electron chi connectivity index (χ0n) is 8.52. The summed E-state index contributed by atoms with van der Waals surface area (Å²) in [6, 6.07) is 10.1. The molecular weight excluding hydrogens is 190 g/mol. The summed E-state index contributed by atoms with van der Waals surface area (Å²) in [7, 11) is 0. The predicted octanol–water partition coefficient (Wildman–Crippen LogP) is 1.08. The smallest absolute Gasteiger partial charge is 0.254 e. The Morgan fingerprint density at radius 3 is 3.13 bits per heavy atom. The summed E-state index contributed by atoms with van der Waals surface area (Å²) in [5, 5.41) is 9.13. The maximum absolute atomic E-state index is 12.0. The summed E-state index contributed by atoms with van der Waals surface area (Å²) >= 11 is 0. The molecule has 1 N–H and O–H groups in total. The number of benzene rings is 1. The minimum Gasteiger partial charge on any atom is -0.394 e. The lowest BCUT2D eigenvalue weighted by Crippen LogP contribution is -2.37. The SMILES string of the molecule is O=C(c1[c]cccc1)N1CCCC1CO. The van der Waals surface area contributed by atoms with Gasteiger partial charge in [-0.2, -0.15) is 0 Å². The standard InChI is InChI=1S/C12H14NO2/c14-9-11-7-4-8-13(11)12(15)10-5-2-1-3-6-10/h1-3,5,11,14H,4,7-9H2. The van der Waals surface area contributed by atoms with Crippen LogP contribution in [0.3, 0.4) is 0 Å². The molecule has 15 heavy (non-hydrogen) atoms. The lowest BCUT2D eigenvalue weighted by molar-refractivity contribution is 0.0677. The Hall–Kier alpha value is -1.35. The summed E-state index contributed by atoms with van der Waals surface area (Å²) in [4.78, 5) is 13.7. The monoisotopic (exact) mass is 204 g/mol. The largest absolute Gasteiger partial charge is 0.394 e. The highest BCUT2D eigenvalue weighted by Gasteiger charge is 2.28. The zero-order valence-corrected chi connectivity index (χ0v) is 8.52. The van der Waals surface area contributed by atoms with Crippen LogP contribution in [0.1, 0.15) is 23.2 Å². The first kappa shape index (κ1) is 10.2. The van der Waals surface area contributed by atoms with Gasteiger partial charge in [-0.05, 0) is 25.0 Å². The molecule has 0 bridgehead atoms. The van der Waals surface area contributed by atoms with Gasteiger partial charge in [0, 0.05) is 12.1 Å². The summed E-state index contributed by atoms with van der Waals surface area (Å²) in [6.45, 7) is 0.797. The van der Waals surface area contributed by atoms with Crippen molar-refractivity contribution in [2.24, 2.45) is 0 Å². The fourth-order valence-electron chi connectivity index (χ4n) is 1.97. The fourth-order valence-corrected chi connectivity index (χ4v) is 1.97. The number of rotatable bonds is 2. The summed E-state index contributed by atoms with van der Waals surface area (Å²) in [5.41, 5.74) is 0.581. The van der Waals surface area contributed by atoms with Crippen LogP contribution in [0.5, 0.6) is 0 Å². The van der Waals surface area contributed by atoms with Gasteiger partial charge in [0.1, 0.15) is 0 Å². The number of carbonyl (C=O) groups excluding carboxylic acids is 1. The topological polar surface area (TPSA) is 40.5 Å². The van der Waals surface area contributed by atoms with E-state index in [9.17, 15) is 4.79 Å². The average molecular weight is 204 g/mol. The van der Waals surface area contributed by atoms with E-state index in [-0.39, 0.29) is 18.6 Å². The maximum atomic E-state index is 12.0. The summed E-state index contributed by atoms with van der Waals surface area (Å²) in [6.07, 6.45) is 1.87. The van der Waals surface area contributed by atoms with E-state index in [1.807, 2.05) is 12.1 Å². The van der Waals surface area contributed by atoms with Crippen molar-refractivity contribution in [1.29, 1.82) is 0 Å². The van der Waals surface area contributed by atoms with Crippen LogP contribution in [0.15, 0.2) is 24.3 Å². The van der Waals surface area contributed by atoms with Crippen molar-refractivity contribution in [3.05, 3.63) is 35.9 Å². The lowest BCUT2D eigenvalue weighted by atomic mass is 10.2. The third-order valence-corrected chi connectivity index (χ3v) is 2.79. The molecule has 2 rings (SSSR count). The number of hydrogen-bond acceptors (Lipinski definition) is 2. The van der Waals surface area contributed by atoms with Crippen LogP contribution < -0.4 is 0 Å². The van der Waals surface area contributed by atoms with Gasteiger partial charge in [0.05, 0.1) is 12.6 Å². The van der Waals surface area contributed by atoms with E-state index in [1.54, 1.807) is 17.0 Å². The average Bonchev–Trinajstić information content (AvgIpc) is 2.77. The predicted molar refractivity (Wildman–Crippen MR) is 56.4 cm³/mol. The van der Waals surface area contributed by atoms with Gasteiger partial charge in [-0.1, -0.05) is 18.2 Å². The molecule has 1 aromatic rings. The number of aliphatic hydroxyl groups is 1. The molecule has 1 fully saturated rings. The van der Waals surface area contributed by atoms with Crippen LogP contribution >= 0.6 is 0 Å². The molecule has 79 valence electrons. The van der Waals surface area contributed by atoms with Gasteiger partial charge in [0.25, 0.3) is 5.91 Å². The van der Waals surface area contributed by atoms with E-state index in [1.165, 1.54) is 0 Å². The van der Waals surface area contributed by atoms with E-state index in [0.29, 0.717) is 5.56 Å². The highest BCUT2D eigenvalue weighted by molar-refractivity contribution is 5.94. The Balaban J connectivity index is 2.14.